The van der Waals surface area contributed by atoms with Crippen molar-refractivity contribution < 1.29 is 9.59 Å². The Balaban J connectivity index is 2.49. The molecule has 2 amide bonds. The molecule has 5 N–H and O–H groups in total. The van der Waals surface area contributed by atoms with Crippen molar-refractivity contribution in [2.45, 2.75) is 51.0 Å². The number of hydrogen-bond donors (Lipinski definition) is 3. The summed E-state index contributed by atoms with van der Waals surface area (Å²) in [6, 6.07) is -0.398. The third-order valence-electron chi connectivity index (χ3n) is 3.61. The van der Waals surface area contributed by atoms with Crippen molar-refractivity contribution in [3.8, 4) is 0 Å². The van der Waals surface area contributed by atoms with Crippen LogP contribution in [0, 0.1) is 0 Å². The number of carbonyl (C=O) groups excluding carboxylic acids is 2. The van der Waals surface area contributed by atoms with Crippen LogP contribution in [0.15, 0.2) is 0 Å². The first-order valence-corrected chi connectivity index (χ1v) is 7.67. The molecule has 0 aromatic carbocycles. The molecule has 1 rings (SSSR count). The van der Waals surface area contributed by atoms with E-state index in [1.54, 1.807) is 0 Å². The summed E-state index contributed by atoms with van der Waals surface area (Å²) < 4.78 is 0. The van der Waals surface area contributed by atoms with E-state index in [-0.39, 0.29) is 11.8 Å². The maximum Gasteiger partial charge on any atom is 0.245 e. The molecule has 0 aromatic heterocycles. The molecule has 6 heteroatoms. The van der Waals surface area contributed by atoms with E-state index in [2.05, 4.69) is 5.32 Å². The molecule has 0 bridgehead atoms. The molecule has 116 valence electrons. The van der Waals surface area contributed by atoms with Gasteiger partial charge in [-0.3, -0.25) is 9.59 Å². The van der Waals surface area contributed by atoms with Gasteiger partial charge in [-0.2, -0.15) is 0 Å². The molecule has 6 nitrogen and oxygen atoms in total. The molecule has 1 aliphatic heterocycles. The lowest BCUT2D eigenvalue weighted by Crippen LogP contribution is -2.47. The van der Waals surface area contributed by atoms with Gasteiger partial charge >= 0.3 is 0 Å². The monoisotopic (exact) mass is 284 g/mol. The highest BCUT2D eigenvalue weighted by atomic mass is 16.2. The summed E-state index contributed by atoms with van der Waals surface area (Å²) in [5.74, 6) is -0.0265. The van der Waals surface area contributed by atoms with Gasteiger partial charge in [0.25, 0.3) is 0 Å². The van der Waals surface area contributed by atoms with Gasteiger partial charge in [0.15, 0.2) is 0 Å². The van der Waals surface area contributed by atoms with Crippen LogP contribution in [0.2, 0.25) is 0 Å². The standard InChI is InChI=1S/C14H28N4O2/c15-8-2-1-6-12(17-13(19)7-5-9-16)14(20)18-10-3-4-11-18/h12H,1-11,15-16H2,(H,17,19)/t12-/m0/s1. The first-order chi connectivity index (χ1) is 9.69. The molecule has 1 atom stereocenters. The minimum Gasteiger partial charge on any atom is -0.344 e. The second-order valence-corrected chi connectivity index (χ2v) is 5.33. The first-order valence-electron chi connectivity index (χ1n) is 7.67. The summed E-state index contributed by atoms with van der Waals surface area (Å²) in [7, 11) is 0. The molecular formula is C14H28N4O2. The predicted octanol–water partition coefficient (Wildman–Crippen LogP) is -0.0385. The molecule has 0 unspecified atom stereocenters. The number of nitrogens with two attached hydrogens (primary N) is 2. The molecule has 0 aliphatic carbocycles. The summed E-state index contributed by atoms with van der Waals surface area (Å²) in [5.41, 5.74) is 10.9. The van der Waals surface area contributed by atoms with Crippen LogP contribution in [-0.2, 0) is 9.59 Å². The largest absolute Gasteiger partial charge is 0.344 e. The Morgan fingerprint density at radius 1 is 1.05 bits per heavy atom. The Kier molecular flexibility index (Phi) is 8.22. The van der Waals surface area contributed by atoms with Gasteiger partial charge in [0, 0.05) is 19.5 Å². The molecule has 20 heavy (non-hydrogen) atoms. The number of nitrogens with one attached hydrogen (secondary N) is 1. The van der Waals surface area contributed by atoms with Gasteiger partial charge in [-0.15, -0.1) is 0 Å². The maximum atomic E-state index is 12.4. The average molecular weight is 284 g/mol. The zero-order valence-electron chi connectivity index (χ0n) is 12.3. The Hall–Kier alpha value is -1.14. The molecule has 0 spiro atoms. The molecule has 1 saturated heterocycles. The number of unbranched alkanes of at least 4 members (excludes halogenated alkanes) is 1. The SMILES string of the molecule is NCCCC[C@H](NC(=O)CCCN)C(=O)N1CCCC1. The number of hydrogen-bond acceptors (Lipinski definition) is 4. The number of rotatable bonds is 9. The molecule has 1 heterocycles. The van der Waals surface area contributed by atoms with Gasteiger partial charge < -0.3 is 21.7 Å². The van der Waals surface area contributed by atoms with Gasteiger partial charge in [0.1, 0.15) is 6.04 Å². The first kappa shape index (κ1) is 16.9. The number of nitrogens with zero attached hydrogens (tertiary/aromatic N) is 1. The molecular weight excluding hydrogens is 256 g/mol. The molecule has 1 aliphatic rings. The lowest BCUT2D eigenvalue weighted by Gasteiger charge is -2.24. The minimum atomic E-state index is -0.398. The van der Waals surface area contributed by atoms with E-state index < -0.39 is 6.04 Å². The second kappa shape index (κ2) is 9.72. The van der Waals surface area contributed by atoms with Gasteiger partial charge in [0.2, 0.25) is 11.8 Å². The lowest BCUT2D eigenvalue weighted by molar-refractivity contribution is -0.135. The Morgan fingerprint density at radius 3 is 2.30 bits per heavy atom. The van der Waals surface area contributed by atoms with Crippen molar-refractivity contribution in [3.63, 3.8) is 0 Å². The number of carbonyl (C=O) groups is 2. The normalized spacial score (nSPS) is 16.2. The average Bonchev–Trinajstić information content (AvgIpc) is 2.97. The Bertz CT molecular complexity index is 304. The van der Waals surface area contributed by atoms with Crippen LogP contribution in [0.3, 0.4) is 0 Å². The van der Waals surface area contributed by atoms with Crippen molar-refractivity contribution in [3.05, 3.63) is 0 Å². The summed E-state index contributed by atoms with van der Waals surface area (Å²) in [4.78, 5) is 26.1. The van der Waals surface area contributed by atoms with Crippen molar-refractivity contribution >= 4 is 11.8 Å². The number of likely N-dealkylation sites (tertiary alicyclic amines) is 1. The van der Waals surface area contributed by atoms with Crippen LogP contribution in [-0.4, -0.2) is 48.9 Å². The molecule has 0 radical (unpaired) electrons. The number of amides is 2. The van der Waals surface area contributed by atoms with E-state index in [9.17, 15) is 9.59 Å². The van der Waals surface area contributed by atoms with Crippen molar-refractivity contribution in [2.75, 3.05) is 26.2 Å². The fraction of sp³-hybridized carbons (Fsp3) is 0.857. The van der Waals surface area contributed by atoms with Crippen LogP contribution in [0.1, 0.15) is 44.9 Å². The van der Waals surface area contributed by atoms with Gasteiger partial charge in [0.05, 0.1) is 0 Å². The van der Waals surface area contributed by atoms with Crippen LogP contribution < -0.4 is 16.8 Å². The van der Waals surface area contributed by atoms with Crippen molar-refractivity contribution in [2.24, 2.45) is 11.5 Å². The quantitative estimate of drug-likeness (QED) is 0.517. The molecule has 0 saturated carbocycles. The highest BCUT2D eigenvalue weighted by molar-refractivity contribution is 5.87. The maximum absolute atomic E-state index is 12.4. The molecule has 1 fully saturated rings. The van der Waals surface area contributed by atoms with E-state index in [4.69, 9.17) is 11.5 Å². The highest BCUT2D eigenvalue weighted by Crippen LogP contribution is 2.12. The topological polar surface area (TPSA) is 101 Å². The van der Waals surface area contributed by atoms with Crippen LogP contribution >= 0.6 is 0 Å². The van der Waals surface area contributed by atoms with Gasteiger partial charge in [-0.25, -0.2) is 0 Å². The van der Waals surface area contributed by atoms with Crippen molar-refractivity contribution in [1.29, 1.82) is 0 Å². The van der Waals surface area contributed by atoms with Crippen molar-refractivity contribution in [1.82, 2.24) is 10.2 Å². The van der Waals surface area contributed by atoms with E-state index in [0.29, 0.717) is 32.4 Å². The van der Waals surface area contributed by atoms with Crippen LogP contribution in [0.25, 0.3) is 0 Å². The second-order valence-electron chi connectivity index (χ2n) is 5.33. The third kappa shape index (κ3) is 5.88. The summed E-state index contributed by atoms with van der Waals surface area (Å²) in [5, 5.41) is 2.86. The van der Waals surface area contributed by atoms with Gasteiger partial charge in [-0.1, -0.05) is 0 Å². The van der Waals surface area contributed by atoms with Crippen LogP contribution in [0.5, 0.6) is 0 Å². The fourth-order valence-corrected chi connectivity index (χ4v) is 2.44. The minimum absolute atomic E-state index is 0.0561. The highest BCUT2D eigenvalue weighted by Gasteiger charge is 2.27. The summed E-state index contributed by atoms with van der Waals surface area (Å²) in [6.45, 7) is 2.73. The van der Waals surface area contributed by atoms with E-state index >= 15 is 0 Å². The van der Waals surface area contributed by atoms with Crippen LogP contribution in [0.4, 0.5) is 0 Å². The Morgan fingerprint density at radius 2 is 1.70 bits per heavy atom. The zero-order chi connectivity index (χ0) is 14.8. The smallest absolute Gasteiger partial charge is 0.245 e. The summed E-state index contributed by atoms with van der Waals surface area (Å²) in [6.07, 6.45) is 5.56. The summed E-state index contributed by atoms with van der Waals surface area (Å²) >= 11 is 0. The van der Waals surface area contributed by atoms with E-state index in [1.807, 2.05) is 4.90 Å². The molecule has 0 aromatic rings. The van der Waals surface area contributed by atoms with E-state index in [0.717, 1.165) is 38.8 Å². The predicted molar refractivity (Wildman–Crippen MR) is 78.9 cm³/mol. The lowest BCUT2D eigenvalue weighted by atomic mass is 10.1. The third-order valence-corrected chi connectivity index (χ3v) is 3.61. The van der Waals surface area contributed by atoms with Gasteiger partial charge in [-0.05, 0) is 51.6 Å². The van der Waals surface area contributed by atoms with E-state index in [1.165, 1.54) is 0 Å². The zero-order valence-corrected chi connectivity index (χ0v) is 12.3. The Labute approximate surface area is 121 Å². The fourth-order valence-electron chi connectivity index (χ4n) is 2.44.